The molecule has 0 aliphatic rings. The summed E-state index contributed by atoms with van der Waals surface area (Å²) in [6.45, 7) is 8.72. The molecule has 2 amide bonds. The van der Waals surface area contributed by atoms with Gasteiger partial charge in [0.15, 0.2) is 0 Å². The van der Waals surface area contributed by atoms with Crippen molar-refractivity contribution in [1.82, 2.24) is 20.8 Å². The van der Waals surface area contributed by atoms with Crippen LogP contribution < -0.4 is 14.9 Å². The molecule has 3 aromatic carbocycles. The Morgan fingerprint density at radius 3 is 2.26 bits per heavy atom. The van der Waals surface area contributed by atoms with Gasteiger partial charge in [-0.1, -0.05) is 42.5 Å². The third-order valence-corrected chi connectivity index (χ3v) is 8.29. The smallest absolute Gasteiger partial charge is 0.408 e. The van der Waals surface area contributed by atoms with Gasteiger partial charge < -0.3 is 19.8 Å². The SMILES string of the molecule is C[C@@H](NC(=O)c1cc(-c2nnc([C@@](C)(Cc3ccccc3)NC(=O)OC(C)(C)C)o2)cc(N(C)S(C)(=O)=O)c1)c1ccc(F)cc1. The van der Waals surface area contributed by atoms with Gasteiger partial charge in [0, 0.05) is 24.6 Å². The van der Waals surface area contributed by atoms with E-state index in [1.165, 1.54) is 37.4 Å². The molecule has 0 spiro atoms. The second kappa shape index (κ2) is 13.3. The van der Waals surface area contributed by atoms with Crippen molar-refractivity contribution in [3.8, 4) is 11.5 Å². The summed E-state index contributed by atoms with van der Waals surface area (Å²) >= 11 is 0. The fraction of sp³-hybridized carbons (Fsp3) is 0.333. The van der Waals surface area contributed by atoms with Crippen LogP contribution >= 0.6 is 0 Å². The van der Waals surface area contributed by atoms with Crippen LogP contribution in [0.5, 0.6) is 0 Å². The zero-order chi connectivity index (χ0) is 33.9. The lowest BCUT2D eigenvalue weighted by molar-refractivity contribution is 0.0443. The van der Waals surface area contributed by atoms with E-state index >= 15 is 0 Å². The Labute approximate surface area is 268 Å². The Morgan fingerprint density at radius 2 is 1.65 bits per heavy atom. The number of carbonyl (C=O) groups is 2. The van der Waals surface area contributed by atoms with E-state index in [9.17, 15) is 22.4 Å². The van der Waals surface area contributed by atoms with Gasteiger partial charge >= 0.3 is 6.09 Å². The number of ether oxygens (including phenoxy) is 1. The zero-order valence-corrected chi connectivity index (χ0v) is 27.6. The van der Waals surface area contributed by atoms with Gasteiger partial charge in [0.2, 0.25) is 21.8 Å². The van der Waals surface area contributed by atoms with Crippen LogP contribution in [0.3, 0.4) is 0 Å². The number of amides is 2. The Balaban J connectivity index is 1.73. The average molecular weight is 652 g/mol. The Bertz CT molecular complexity index is 1810. The summed E-state index contributed by atoms with van der Waals surface area (Å²) in [5, 5.41) is 14.2. The number of nitrogens with one attached hydrogen (secondary N) is 2. The van der Waals surface area contributed by atoms with Gasteiger partial charge in [-0.25, -0.2) is 17.6 Å². The molecule has 244 valence electrons. The largest absolute Gasteiger partial charge is 0.444 e. The first-order valence-electron chi connectivity index (χ1n) is 14.5. The molecule has 0 aliphatic heterocycles. The fourth-order valence-corrected chi connectivity index (χ4v) is 5.11. The standard InChI is InChI=1S/C33H38FN5O6S/c1-21(23-13-15-26(34)16-14-23)35-28(40)24-17-25(19-27(18-24)39(6)46(7,42)43)29-37-38-30(44-29)33(5,20-22-11-9-8-10-12-22)36-31(41)45-32(2,3)4/h8-19,21H,20H2,1-7H3,(H,35,40)(H,36,41)/t21-,33-/m1/s1. The molecule has 0 saturated carbocycles. The van der Waals surface area contributed by atoms with Crippen molar-refractivity contribution in [1.29, 1.82) is 0 Å². The van der Waals surface area contributed by atoms with Gasteiger partial charge in [0.25, 0.3) is 5.91 Å². The Morgan fingerprint density at radius 1 is 1.00 bits per heavy atom. The molecular weight excluding hydrogens is 613 g/mol. The minimum atomic E-state index is -3.71. The van der Waals surface area contributed by atoms with Crippen LogP contribution in [-0.4, -0.2) is 49.5 Å². The Hall–Kier alpha value is -4.78. The number of aromatic nitrogens is 2. The normalized spacial score (nSPS) is 13.7. The molecule has 0 saturated heterocycles. The maximum atomic E-state index is 13.4. The molecule has 1 heterocycles. The van der Waals surface area contributed by atoms with Crippen molar-refractivity contribution in [2.75, 3.05) is 17.6 Å². The van der Waals surface area contributed by atoms with E-state index in [2.05, 4.69) is 20.8 Å². The van der Waals surface area contributed by atoms with E-state index in [1.807, 2.05) is 30.3 Å². The predicted octanol–water partition coefficient (Wildman–Crippen LogP) is 5.75. The van der Waals surface area contributed by atoms with Crippen LogP contribution in [0.25, 0.3) is 11.5 Å². The molecule has 0 fully saturated rings. The van der Waals surface area contributed by atoms with Crippen molar-refractivity contribution >= 4 is 27.7 Å². The number of benzene rings is 3. The first-order chi connectivity index (χ1) is 21.4. The second-order valence-electron chi connectivity index (χ2n) is 12.3. The quantitative estimate of drug-likeness (QED) is 0.221. The van der Waals surface area contributed by atoms with Crippen molar-refractivity contribution in [3.05, 3.63) is 101 Å². The third kappa shape index (κ3) is 8.68. The van der Waals surface area contributed by atoms with E-state index in [4.69, 9.17) is 9.15 Å². The minimum absolute atomic E-state index is 0.00957. The molecule has 11 nitrogen and oxygen atoms in total. The van der Waals surface area contributed by atoms with Crippen molar-refractivity contribution < 1.29 is 31.6 Å². The number of anilines is 1. The minimum Gasteiger partial charge on any atom is -0.444 e. The highest BCUT2D eigenvalue weighted by Gasteiger charge is 2.37. The number of hydrogen-bond donors (Lipinski definition) is 2. The van der Waals surface area contributed by atoms with Gasteiger partial charge in [-0.2, -0.15) is 0 Å². The average Bonchev–Trinajstić information content (AvgIpc) is 3.47. The van der Waals surface area contributed by atoms with E-state index < -0.39 is 45.0 Å². The summed E-state index contributed by atoms with van der Waals surface area (Å²) < 4.78 is 51.0. The molecule has 13 heteroatoms. The van der Waals surface area contributed by atoms with Crippen LogP contribution in [-0.2, 0) is 26.7 Å². The second-order valence-corrected chi connectivity index (χ2v) is 14.3. The summed E-state index contributed by atoms with van der Waals surface area (Å²) in [4.78, 5) is 26.3. The number of carbonyl (C=O) groups excluding carboxylic acids is 2. The van der Waals surface area contributed by atoms with Gasteiger partial charge in [-0.3, -0.25) is 9.10 Å². The van der Waals surface area contributed by atoms with Crippen LogP contribution in [0, 0.1) is 5.82 Å². The van der Waals surface area contributed by atoms with E-state index in [-0.39, 0.29) is 35.0 Å². The highest BCUT2D eigenvalue weighted by molar-refractivity contribution is 7.92. The van der Waals surface area contributed by atoms with Crippen LogP contribution in [0.15, 0.2) is 77.2 Å². The number of alkyl carbamates (subject to hydrolysis) is 1. The maximum absolute atomic E-state index is 13.4. The van der Waals surface area contributed by atoms with E-state index in [0.29, 0.717) is 5.56 Å². The zero-order valence-electron chi connectivity index (χ0n) is 26.8. The molecule has 4 rings (SSSR count). The highest BCUT2D eigenvalue weighted by Crippen LogP contribution is 2.31. The molecule has 2 atom stereocenters. The van der Waals surface area contributed by atoms with Crippen LogP contribution in [0.2, 0.25) is 0 Å². The molecule has 1 aromatic heterocycles. The summed E-state index contributed by atoms with van der Waals surface area (Å²) in [5.74, 6) is -0.856. The first-order valence-corrected chi connectivity index (χ1v) is 16.3. The summed E-state index contributed by atoms with van der Waals surface area (Å²) in [5.41, 5.74) is 0.165. The molecule has 2 N–H and O–H groups in total. The first kappa shape index (κ1) is 34.1. The third-order valence-electron chi connectivity index (χ3n) is 7.08. The van der Waals surface area contributed by atoms with Crippen LogP contribution in [0.1, 0.15) is 68.0 Å². The highest BCUT2D eigenvalue weighted by atomic mass is 32.2. The number of nitrogens with zero attached hydrogens (tertiary/aromatic N) is 3. The summed E-state index contributed by atoms with van der Waals surface area (Å²) in [6.07, 6.45) is 0.635. The summed E-state index contributed by atoms with van der Waals surface area (Å²) in [7, 11) is -2.35. The van der Waals surface area contributed by atoms with Crippen LogP contribution in [0.4, 0.5) is 14.9 Å². The molecule has 0 unspecified atom stereocenters. The predicted molar refractivity (Wildman–Crippen MR) is 172 cm³/mol. The van der Waals surface area contributed by atoms with Crippen molar-refractivity contribution in [2.24, 2.45) is 0 Å². The van der Waals surface area contributed by atoms with Crippen molar-refractivity contribution in [2.45, 2.75) is 58.2 Å². The van der Waals surface area contributed by atoms with E-state index in [1.54, 1.807) is 46.8 Å². The molecule has 0 aliphatic carbocycles. The van der Waals surface area contributed by atoms with Crippen molar-refractivity contribution in [3.63, 3.8) is 0 Å². The lowest BCUT2D eigenvalue weighted by Crippen LogP contribution is -2.47. The number of rotatable bonds is 10. The molecule has 46 heavy (non-hydrogen) atoms. The fourth-order valence-electron chi connectivity index (χ4n) is 4.62. The van der Waals surface area contributed by atoms with Gasteiger partial charge in [0.1, 0.15) is 17.0 Å². The number of sulfonamides is 1. The van der Waals surface area contributed by atoms with Gasteiger partial charge in [-0.05, 0) is 76.1 Å². The topological polar surface area (TPSA) is 144 Å². The molecular formula is C33H38FN5O6S. The monoisotopic (exact) mass is 651 g/mol. The maximum Gasteiger partial charge on any atom is 0.408 e. The summed E-state index contributed by atoms with van der Waals surface area (Å²) in [6, 6.07) is 19.1. The van der Waals surface area contributed by atoms with Gasteiger partial charge in [-0.15, -0.1) is 10.2 Å². The van der Waals surface area contributed by atoms with Gasteiger partial charge in [0.05, 0.1) is 18.0 Å². The van der Waals surface area contributed by atoms with E-state index in [0.717, 1.165) is 16.1 Å². The lowest BCUT2D eigenvalue weighted by atomic mass is 9.92. The molecule has 4 aromatic rings. The molecule has 0 bridgehead atoms. The number of halogens is 1. The number of hydrogen-bond acceptors (Lipinski definition) is 8. The molecule has 0 radical (unpaired) electrons. The lowest BCUT2D eigenvalue weighted by Gasteiger charge is -2.29. The Kier molecular flexibility index (Phi) is 9.85.